The van der Waals surface area contributed by atoms with Crippen LogP contribution >= 0.6 is 11.6 Å². The third-order valence-electron chi connectivity index (χ3n) is 3.44. The van der Waals surface area contributed by atoms with Gasteiger partial charge in [0.2, 0.25) is 0 Å². The number of aromatic nitrogens is 4. The molecule has 0 bridgehead atoms. The quantitative estimate of drug-likeness (QED) is 0.799. The van der Waals surface area contributed by atoms with Crippen molar-refractivity contribution < 1.29 is 4.79 Å². The van der Waals surface area contributed by atoms with Gasteiger partial charge in [0.25, 0.3) is 5.91 Å². The molecule has 0 saturated heterocycles. The summed E-state index contributed by atoms with van der Waals surface area (Å²) in [5.41, 5.74) is 2.11. The maximum absolute atomic E-state index is 12.4. The average Bonchev–Trinajstić information content (AvgIpc) is 3.10. The molecule has 0 saturated carbocycles. The second-order valence-corrected chi connectivity index (χ2v) is 5.43. The summed E-state index contributed by atoms with van der Waals surface area (Å²) in [7, 11) is 0. The van der Waals surface area contributed by atoms with Crippen LogP contribution in [0.1, 0.15) is 28.9 Å². The first-order valence-electron chi connectivity index (χ1n) is 7.04. The summed E-state index contributed by atoms with van der Waals surface area (Å²) >= 11 is 6.16. The molecular formula is C16H14ClN5O. The Morgan fingerprint density at radius 1 is 1.22 bits per heavy atom. The molecule has 0 radical (unpaired) electrons. The van der Waals surface area contributed by atoms with Gasteiger partial charge in [0.1, 0.15) is 6.33 Å². The Morgan fingerprint density at radius 3 is 2.78 bits per heavy atom. The lowest BCUT2D eigenvalue weighted by Gasteiger charge is -2.16. The molecular weight excluding hydrogens is 314 g/mol. The Hall–Kier alpha value is -2.73. The van der Waals surface area contributed by atoms with Crippen LogP contribution in [-0.2, 0) is 0 Å². The number of rotatable bonds is 4. The highest BCUT2D eigenvalue weighted by Gasteiger charge is 2.14. The standard InChI is InChI=1S/C16H14ClN5O/c1-11(14-7-2-3-8-15(14)17)19-16(23)12-5-4-6-13(9-12)22-10-18-20-21-22/h2-11H,1H3,(H,19,23). The minimum Gasteiger partial charge on any atom is -0.345 e. The highest BCUT2D eigenvalue weighted by Crippen LogP contribution is 2.22. The smallest absolute Gasteiger partial charge is 0.251 e. The van der Waals surface area contributed by atoms with E-state index in [1.165, 1.54) is 11.0 Å². The minimum absolute atomic E-state index is 0.188. The molecule has 23 heavy (non-hydrogen) atoms. The third kappa shape index (κ3) is 3.37. The lowest BCUT2D eigenvalue weighted by molar-refractivity contribution is 0.0940. The van der Waals surface area contributed by atoms with E-state index in [9.17, 15) is 4.79 Å². The molecule has 1 aromatic heterocycles. The second kappa shape index (κ2) is 6.58. The van der Waals surface area contributed by atoms with Crippen LogP contribution in [-0.4, -0.2) is 26.1 Å². The van der Waals surface area contributed by atoms with Gasteiger partial charge in [-0.3, -0.25) is 4.79 Å². The van der Waals surface area contributed by atoms with E-state index in [1.54, 1.807) is 24.3 Å². The van der Waals surface area contributed by atoms with Gasteiger partial charge in [-0.2, -0.15) is 0 Å². The van der Waals surface area contributed by atoms with Crippen molar-refractivity contribution in [2.45, 2.75) is 13.0 Å². The van der Waals surface area contributed by atoms with Gasteiger partial charge in [0, 0.05) is 10.6 Å². The fourth-order valence-corrected chi connectivity index (χ4v) is 2.55. The number of benzene rings is 2. The van der Waals surface area contributed by atoms with Gasteiger partial charge >= 0.3 is 0 Å². The van der Waals surface area contributed by atoms with Gasteiger partial charge in [0.05, 0.1) is 11.7 Å². The number of nitrogens with one attached hydrogen (secondary N) is 1. The molecule has 116 valence electrons. The van der Waals surface area contributed by atoms with Crippen molar-refractivity contribution in [3.63, 3.8) is 0 Å². The van der Waals surface area contributed by atoms with Crippen molar-refractivity contribution in [3.05, 3.63) is 71.0 Å². The Bertz CT molecular complexity index is 819. The van der Waals surface area contributed by atoms with E-state index < -0.39 is 0 Å². The summed E-state index contributed by atoms with van der Waals surface area (Å²) < 4.78 is 1.49. The van der Waals surface area contributed by atoms with E-state index in [-0.39, 0.29) is 11.9 Å². The summed E-state index contributed by atoms with van der Waals surface area (Å²) in [5, 5.41) is 14.6. The fraction of sp³-hybridized carbons (Fsp3) is 0.125. The highest BCUT2D eigenvalue weighted by molar-refractivity contribution is 6.31. The molecule has 0 fully saturated rings. The molecule has 0 aliphatic rings. The number of halogens is 1. The molecule has 3 rings (SSSR count). The number of hydrogen-bond donors (Lipinski definition) is 1. The number of nitrogens with zero attached hydrogens (tertiary/aromatic N) is 4. The molecule has 0 aliphatic heterocycles. The van der Waals surface area contributed by atoms with Crippen LogP contribution in [0.15, 0.2) is 54.9 Å². The van der Waals surface area contributed by atoms with Crippen molar-refractivity contribution in [1.29, 1.82) is 0 Å². The molecule has 6 nitrogen and oxygen atoms in total. The van der Waals surface area contributed by atoms with E-state index in [4.69, 9.17) is 11.6 Å². The molecule has 2 aromatic carbocycles. The van der Waals surface area contributed by atoms with E-state index >= 15 is 0 Å². The maximum atomic E-state index is 12.4. The van der Waals surface area contributed by atoms with Crippen molar-refractivity contribution in [2.75, 3.05) is 0 Å². The lowest BCUT2D eigenvalue weighted by Crippen LogP contribution is -2.26. The van der Waals surface area contributed by atoms with Crippen LogP contribution < -0.4 is 5.32 Å². The molecule has 1 heterocycles. The monoisotopic (exact) mass is 327 g/mol. The van der Waals surface area contributed by atoms with Crippen LogP contribution in [0.3, 0.4) is 0 Å². The number of tetrazole rings is 1. The van der Waals surface area contributed by atoms with Crippen LogP contribution in [0.4, 0.5) is 0 Å². The van der Waals surface area contributed by atoms with Gasteiger partial charge in [0.15, 0.2) is 0 Å². The zero-order valence-corrected chi connectivity index (χ0v) is 13.1. The number of carbonyl (C=O) groups is 1. The molecule has 3 aromatic rings. The van der Waals surface area contributed by atoms with E-state index in [2.05, 4.69) is 20.8 Å². The van der Waals surface area contributed by atoms with Gasteiger partial charge in [-0.25, -0.2) is 4.68 Å². The van der Waals surface area contributed by atoms with Crippen LogP contribution in [0.5, 0.6) is 0 Å². The van der Waals surface area contributed by atoms with E-state index in [0.29, 0.717) is 16.3 Å². The van der Waals surface area contributed by atoms with Crippen molar-refractivity contribution >= 4 is 17.5 Å². The molecule has 1 atom stereocenters. The van der Waals surface area contributed by atoms with E-state index in [1.807, 2.05) is 31.2 Å². The van der Waals surface area contributed by atoms with Crippen molar-refractivity contribution in [3.8, 4) is 5.69 Å². The lowest BCUT2D eigenvalue weighted by atomic mass is 10.1. The highest BCUT2D eigenvalue weighted by atomic mass is 35.5. The second-order valence-electron chi connectivity index (χ2n) is 5.02. The molecule has 1 unspecified atom stereocenters. The molecule has 0 spiro atoms. The zero-order valence-electron chi connectivity index (χ0n) is 12.3. The zero-order chi connectivity index (χ0) is 16.2. The first-order chi connectivity index (χ1) is 11.1. The van der Waals surface area contributed by atoms with Gasteiger partial charge < -0.3 is 5.32 Å². The Morgan fingerprint density at radius 2 is 2.04 bits per heavy atom. The molecule has 7 heteroatoms. The summed E-state index contributed by atoms with van der Waals surface area (Å²) in [4.78, 5) is 12.4. The Balaban J connectivity index is 1.79. The SMILES string of the molecule is CC(NC(=O)c1cccc(-n2cnnn2)c1)c1ccccc1Cl. The normalized spacial score (nSPS) is 11.9. The summed E-state index contributed by atoms with van der Waals surface area (Å²) in [6.45, 7) is 1.89. The largest absolute Gasteiger partial charge is 0.345 e. The summed E-state index contributed by atoms with van der Waals surface area (Å²) in [6.07, 6.45) is 1.48. The maximum Gasteiger partial charge on any atom is 0.251 e. The van der Waals surface area contributed by atoms with Crippen LogP contribution in [0.25, 0.3) is 5.69 Å². The minimum atomic E-state index is -0.201. The average molecular weight is 328 g/mol. The van der Waals surface area contributed by atoms with Crippen LogP contribution in [0, 0.1) is 0 Å². The van der Waals surface area contributed by atoms with E-state index in [0.717, 1.165) is 5.56 Å². The van der Waals surface area contributed by atoms with Gasteiger partial charge in [-0.1, -0.05) is 35.9 Å². The summed E-state index contributed by atoms with van der Waals surface area (Å²) in [5.74, 6) is -0.188. The first kappa shape index (κ1) is 15.2. The Labute approximate surface area is 138 Å². The topological polar surface area (TPSA) is 72.7 Å². The molecule has 0 aliphatic carbocycles. The fourth-order valence-electron chi connectivity index (χ4n) is 2.25. The third-order valence-corrected chi connectivity index (χ3v) is 3.79. The van der Waals surface area contributed by atoms with Crippen molar-refractivity contribution in [1.82, 2.24) is 25.5 Å². The van der Waals surface area contributed by atoms with Gasteiger partial charge in [-0.05, 0) is 47.2 Å². The number of carbonyl (C=O) groups excluding carboxylic acids is 1. The van der Waals surface area contributed by atoms with Crippen LogP contribution in [0.2, 0.25) is 5.02 Å². The predicted octanol–water partition coefficient (Wildman–Crippen LogP) is 2.81. The summed E-state index contributed by atoms with van der Waals surface area (Å²) in [6, 6.07) is 14.3. The Kier molecular flexibility index (Phi) is 4.34. The van der Waals surface area contributed by atoms with Crippen molar-refractivity contribution in [2.24, 2.45) is 0 Å². The molecule has 1 N–H and O–H groups in total. The number of hydrogen-bond acceptors (Lipinski definition) is 4. The molecule has 1 amide bonds. The predicted molar refractivity (Wildman–Crippen MR) is 86.5 cm³/mol. The van der Waals surface area contributed by atoms with Gasteiger partial charge in [-0.15, -0.1) is 5.10 Å². The number of amides is 1. The first-order valence-corrected chi connectivity index (χ1v) is 7.41.